The molecule has 0 saturated carbocycles. The van der Waals surface area contributed by atoms with Crippen molar-refractivity contribution in [2.24, 2.45) is 0 Å². The fourth-order valence-electron chi connectivity index (χ4n) is 7.55. The van der Waals surface area contributed by atoms with Gasteiger partial charge in [-0.3, -0.25) is 0 Å². The van der Waals surface area contributed by atoms with E-state index in [0.717, 1.165) is 38.9 Å². The van der Waals surface area contributed by atoms with E-state index >= 15 is 0 Å². The summed E-state index contributed by atoms with van der Waals surface area (Å²) in [5.41, 5.74) is 8.50. The van der Waals surface area contributed by atoms with Crippen LogP contribution in [-0.2, 0) is 0 Å². The molecule has 0 aliphatic heterocycles. The highest BCUT2D eigenvalue weighted by Gasteiger charge is 2.41. The Bertz CT molecular complexity index is 2470. The molecule has 0 fully saturated rings. The Morgan fingerprint density at radius 1 is 0.314 bits per heavy atom. The molecule has 0 unspecified atom stereocenters. The number of nitrogens with one attached hydrogen (secondary N) is 1. The zero-order valence-electron chi connectivity index (χ0n) is 28.0. The first-order valence-corrected chi connectivity index (χ1v) is 19.4. The van der Waals surface area contributed by atoms with E-state index in [1.54, 1.807) is 0 Å². The number of hydrogen-bond acceptors (Lipinski definition) is 2. The minimum atomic E-state index is -2.54. The van der Waals surface area contributed by atoms with Gasteiger partial charge in [0.25, 0.3) is 0 Å². The highest BCUT2D eigenvalue weighted by Crippen LogP contribution is 2.34. The van der Waals surface area contributed by atoms with Crippen LogP contribution in [0.25, 0.3) is 44.2 Å². The molecule has 0 aliphatic rings. The van der Waals surface area contributed by atoms with Gasteiger partial charge in [0, 0.05) is 28.2 Å². The maximum Gasteiger partial charge on any atom is 0.179 e. The van der Waals surface area contributed by atoms with Gasteiger partial charge in [-0.25, -0.2) is 0 Å². The van der Waals surface area contributed by atoms with Gasteiger partial charge < -0.3 is 9.73 Å². The first-order valence-electron chi connectivity index (χ1n) is 17.4. The van der Waals surface area contributed by atoms with Crippen molar-refractivity contribution in [3.8, 4) is 22.3 Å². The molecule has 9 rings (SSSR count). The minimum Gasteiger partial charge on any atom is -0.456 e. The maximum absolute atomic E-state index is 6.35. The number of anilines is 2. The highest BCUT2D eigenvalue weighted by molar-refractivity contribution is 7.19. The quantitative estimate of drug-likeness (QED) is 0.129. The fraction of sp³-hybridized carbons (Fsp3) is 0. The van der Waals surface area contributed by atoms with Gasteiger partial charge in [0.2, 0.25) is 0 Å². The molecule has 2 nitrogen and oxygen atoms in total. The number of rotatable bonds is 8. The van der Waals surface area contributed by atoms with Crippen LogP contribution in [0.5, 0.6) is 0 Å². The van der Waals surface area contributed by atoms with Gasteiger partial charge in [0.05, 0.1) is 0 Å². The average molecular weight is 670 g/mol. The van der Waals surface area contributed by atoms with Crippen LogP contribution in [0.2, 0.25) is 0 Å². The molecule has 0 bridgehead atoms. The molecule has 0 saturated heterocycles. The van der Waals surface area contributed by atoms with E-state index < -0.39 is 8.07 Å². The van der Waals surface area contributed by atoms with Crippen molar-refractivity contribution in [2.45, 2.75) is 0 Å². The molecular weight excluding hydrogens is 635 g/mol. The van der Waals surface area contributed by atoms with Gasteiger partial charge in [0.15, 0.2) is 8.07 Å². The van der Waals surface area contributed by atoms with Crippen molar-refractivity contribution in [1.29, 1.82) is 0 Å². The predicted octanol–water partition coefficient (Wildman–Crippen LogP) is 10.0. The third kappa shape index (κ3) is 5.64. The first kappa shape index (κ1) is 30.6. The zero-order valence-corrected chi connectivity index (χ0v) is 29.0. The van der Waals surface area contributed by atoms with Gasteiger partial charge in [-0.05, 0) is 79.4 Å². The van der Waals surface area contributed by atoms with Crippen LogP contribution in [0.1, 0.15) is 0 Å². The van der Waals surface area contributed by atoms with Crippen LogP contribution >= 0.6 is 0 Å². The Kier molecular flexibility index (Phi) is 7.88. The standard InChI is InChI=1S/C48H35NOSi/c1-5-13-35(14-6-1)38-25-31-45-46-32-28-40(34-48(46)50-47(45)33-38)49-39-26-21-36(22-27-39)37-23-29-44(30-24-37)51(41-15-7-2-8-16-41,42-17-9-3-10-18-42)43-19-11-4-12-20-43/h1-34,49H. The van der Waals surface area contributed by atoms with E-state index in [4.69, 9.17) is 4.42 Å². The molecule has 3 heteroatoms. The van der Waals surface area contributed by atoms with Crippen molar-refractivity contribution < 1.29 is 4.42 Å². The smallest absolute Gasteiger partial charge is 0.179 e. The summed E-state index contributed by atoms with van der Waals surface area (Å²) < 4.78 is 6.35. The Hall–Kier alpha value is -6.42. The Morgan fingerprint density at radius 3 is 1.25 bits per heavy atom. The third-order valence-electron chi connectivity index (χ3n) is 10.0. The van der Waals surface area contributed by atoms with Crippen LogP contribution in [-0.4, -0.2) is 8.07 Å². The summed E-state index contributed by atoms with van der Waals surface area (Å²) in [6, 6.07) is 74.4. The second kappa shape index (κ2) is 13.1. The Labute approximate surface area is 299 Å². The molecule has 0 aliphatic carbocycles. The van der Waals surface area contributed by atoms with E-state index in [1.165, 1.54) is 37.4 Å². The van der Waals surface area contributed by atoms with Gasteiger partial charge in [-0.15, -0.1) is 0 Å². The zero-order chi connectivity index (χ0) is 34.0. The summed E-state index contributed by atoms with van der Waals surface area (Å²) in [4.78, 5) is 0. The van der Waals surface area contributed by atoms with Crippen molar-refractivity contribution in [2.75, 3.05) is 5.32 Å². The summed E-state index contributed by atoms with van der Waals surface area (Å²) in [6.45, 7) is 0. The molecule has 0 atom stereocenters. The lowest BCUT2D eigenvalue weighted by Gasteiger charge is -2.34. The van der Waals surface area contributed by atoms with E-state index in [-0.39, 0.29) is 0 Å². The monoisotopic (exact) mass is 669 g/mol. The van der Waals surface area contributed by atoms with E-state index in [1.807, 2.05) is 6.07 Å². The number of furan rings is 1. The Balaban J connectivity index is 1.00. The normalized spacial score (nSPS) is 11.5. The maximum atomic E-state index is 6.35. The SMILES string of the molecule is c1ccc(-c2ccc3c(c2)oc2cc(Nc4ccc(-c5ccc([Si](c6ccccc6)(c6ccccc6)c6ccccc6)cc5)cc4)ccc23)cc1. The van der Waals surface area contributed by atoms with Crippen molar-refractivity contribution in [1.82, 2.24) is 0 Å². The molecule has 0 spiro atoms. The summed E-state index contributed by atoms with van der Waals surface area (Å²) >= 11 is 0. The summed E-state index contributed by atoms with van der Waals surface area (Å²) in [6.07, 6.45) is 0. The van der Waals surface area contributed by atoms with Gasteiger partial charge in [-0.1, -0.05) is 164 Å². The van der Waals surface area contributed by atoms with Gasteiger partial charge in [-0.2, -0.15) is 0 Å². The van der Waals surface area contributed by atoms with E-state index in [2.05, 4.69) is 206 Å². The summed E-state index contributed by atoms with van der Waals surface area (Å²) in [5, 5.41) is 11.3. The molecule has 0 amide bonds. The lowest BCUT2D eigenvalue weighted by atomic mass is 10.0. The van der Waals surface area contributed by atoms with Crippen molar-refractivity contribution in [3.05, 3.63) is 206 Å². The number of hydrogen-bond donors (Lipinski definition) is 1. The minimum absolute atomic E-state index is 0.873. The van der Waals surface area contributed by atoms with Crippen molar-refractivity contribution in [3.63, 3.8) is 0 Å². The molecule has 242 valence electrons. The molecule has 1 aromatic heterocycles. The average Bonchev–Trinajstić information content (AvgIpc) is 3.57. The molecule has 1 heterocycles. The fourth-order valence-corrected chi connectivity index (χ4v) is 12.3. The number of benzene rings is 8. The van der Waals surface area contributed by atoms with Crippen molar-refractivity contribution >= 4 is 62.1 Å². The van der Waals surface area contributed by atoms with Crippen LogP contribution in [0.15, 0.2) is 211 Å². The van der Waals surface area contributed by atoms with Gasteiger partial charge >= 0.3 is 0 Å². The molecule has 51 heavy (non-hydrogen) atoms. The summed E-state index contributed by atoms with van der Waals surface area (Å²) in [5.74, 6) is 0. The Morgan fingerprint density at radius 2 is 0.706 bits per heavy atom. The lowest BCUT2D eigenvalue weighted by molar-refractivity contribution is 0.669. The van der Waals surface area contributed by atoms with Gasteiger partial charge in [0.1, 0.15) is 11.2 Å². The van der Waals surface area contributed by atoms with Crippen LogP contribution in [0.4, 0.5) is 11.4 Å². The van der Waals surface area contributed by atoms with Crippen LogP contribution < -0.4 is 26.1 Å². The summed E-state index contributed by atoms with van der Waals surface area (Å²) in [7, 11) is -2.54. The molecule has 0 radical (unpaired) electrons. The van der Waals surface area contributed by atoms with Crippen LogP contribution in [0.3, 0.4) is 0 Å². The van der Waals surface area contributed by atoms with E-state index in [0.29, 0.717) is 0 Å². The lowest BCUT2D eigenvalue weighted by Crippen LogP contribution is -2.74. The second-order valence-corrected chi connectivity index (χ2v) is 16.8. The first-order chi connectivity index (χ1) is 25.3. The van der Waals surface area contributed by atoms with Crippen LogP contribution in [0, 0.1) is 0 Å². The number of fused-ring (bicyclic) bond motifs is 3. The van der Waals surface area contributed by atoms with E-state index in [9.17, 15) is 0 Å². The largest absolute Gasteiger partial charge is 0.456 e. The molecule has 8 aromatic carbocycles. The third-order valence-corrected chi connectivity index (χ3v) is 14.8. The molecular formula is C48H35NOSi. The predicted molar refractivity (Wildman–Crippen MR) is 218 cm³/mol. The molecule has 1 N–H and O–H groups in total. The topological polar surface area (TPSA) is 25.2 Å². The second-order valence-electron chi connectivity index (χ2n) is 13.0. The molecule has 9 aromatic rings. The highest BCUT2D eigenvalue weighted by atomic mass is 28.3.